The highest BCUT2D eigenvalue weighted by atomic mass is 35.5. The number of benzene rings is 1. The summed E-state index contributed by atoms with van der Waals surface area (Å²) in [6.07, 6.45) is 1.48. The lowest BCUT2D eigenvalue weighted by Crippen LogP contribution is -2.28. The molecule has 0 saturated heterocycles. The third kappa shape index (κ3) is 4.53. The highest BCUT2D eigenvalue weighted by molar-refractivity contribution is 6.30. The van der Waals surface area contributed by atoms with Gasteiger partial charge in [0.05, 0.1) is 0 Å². The van der Waals surface area contributed by atoms with Gasteiger partial charge in [-0.15, -0.1) is 0 Å². The van der Waals surface area contributed by atoms with E-state index in [0.717, 1.165) is 5.56 Å². The van der Waals surface area contributed by atoms with Crippen molar-refractivity contribution in [1.29, 1.82) is 0 Å². The Bertz CT molecular complexity index is 718. The lowest BCUT2D eigenvalue weighted by molar-refractivity contribution is -0.129. The lowest BCUT2D eigenvalue weighted by Gasteiger charge is -2.21. The van der Waals surface area contributed by atoms with E-state index in [1.165, 1.54) is 19.2 Å². The minimum Gasteiger partial charge on any atom is -0.339 e. The summed E-state index contributed by atoms with van der Waals surface area (Å²) < 4.78 is 0. The van der Waals surface area contributed by atoms with E-state index in [4.69, 9.17) is 11.6 Å². The van der Waals surface area contributed by atoms with E-state index in [9.17, 15) is 9.59 Å². The number of para-hydroxylation sites is 1. The third-order valence-corrected chi connectivity index (χ3v) is 3.64. The Hall–Kier alpha value is -2.40. The van der Waals surface area contributed by atoms with E-state index < -0.39 is 0 Å². The summed E-state index contributed by atoms with van der Waals surface area (Å²) in [6.45, 7) is 4.48. The fourth-order valence-corrected chi connectivity index (χ4v) is 2.31. The molecule has 5 nitrogen and oxygen atoms in total. The van der Waals surface area contributed by atoms with Gasteiger partial charge in [0, 0.05) is 36.9 Å². The maximum absolute atomic E-state index is 12.3. The number of hydrogen-bond acceptors (Lipinski definition) is 3. The summed E-state index contributed by atoms with van der Waals surface area (Å²) in [4.78, 5) is 29.6. The smallest absolute Gasteiger partial charge is 0.274 e. The Kier molecular flexibility index (Phi) is 5.71. The van der Waals surface area contributed by atoms with Crippen molar-refractivity contribution < 1.29 is 9.59 Å². The predicted molar refractivity (Wildman–Crippen MR) is 90.4 cm³/mol. The van der Waals surface area contributed by atoms with Crippen LogP contribution in [-0.2, 0) is 11.3 Å². The molecule has 1 aromatic heterocycles. The van der Waals surface area contributed by atoms with Crippen LogP contribution in [0.25, 0.3) is 0 Å². The molecular weight excluding hydrogens is 314 g/mol. The number of anilines is 1. The molecule has 0 aliphatic heterocycles. The van der Waals surface area contributed by atoms with Crippen LogP contribution in [-0.4, -0.2) is 28.2 Å². The summed E-state index contributed by atoms with van der Waals surface area (Å²) in [5.41, 5.74) is 1.75. The molecule has 6 heteroatoms. The van der Waals surface area contributed by atoms with E-state index in [1.54, 1.807) is 17.0 Å². The number of nitrogens with one attached hydrogen (secondary N) is 1. The molecule has 0 fully saturated rings. The summed E-state index contributed by atoms with van der Waals surface area (Å²) in [6, 6.07) is 10.5. The molecule has 1 heterocycles. The number of carbonyl (C=O) groups excluding carboxylic acids is 2. The number of aromatic nitrogens is 1. The third-order valence-electron chi connectivity index (χ3n) is 3.41. The predicted octanol–water partition coefficient (Wildman–Crippen LogP) is 3.36. The van der Waals surface area contributed by atoms with Crippen molar-refractivity contribution in [3.05, 3.63) is 58.9 Å². The number of pyridine rings is 1. The fourth-order valence-electron chi connectivity index (χ4n) is 2.15. The van der Waals surface area contributed by atoms with Gasteiger partial charge in [-0.25, -0.2) is 0 Å². The molecule has 0 aliphatic rings. The molecule has 0 radical (unpaired) electrons. The molecule has 2 amide bonds. The second kappa shape index (κ2) is 7.74. The normalized spacial score (nSPS) is 10.2. The first-order valence-electron chi connectivity index (χ1n) is 7.27. The van der Waals surface area contributed by atoms with Gasteiger partial charge in [-0.1, -0.05) is 29.8 Å². The van der Waals surface area contributed by atoms with Crippen LogP contribution in [0.3, 0.4) is 0 Å². The van der Waals surface area contributed by atoms with E-state index in [0.29, 0.717) is 23.8 Å². The van der Waals surface area contributed by atoms with Crippen LogP contribution < -0.4 is 5.32 Å². The molecule has 0 atom stereocenters. The second-order valence-corrected chi connectivity index (χ2v) is 5.44. The Morgan fingerprint density at radius 3 is 2.65 bits per heavy atom. The standard InChI is InChI=1S/C17H18ClN3O2/c1-3-21(12(2)22)11-13-6-4-5-7-15(13)20-17(23)16-10-14(18)8-9-19-16/h4-10H,3,11H2,1-2H3,(H,20,23). The SMILES string of the molecule is CCN(Cc1ccccc1NC(=O)c1cc(Cl)ccn1)C(C)=O. The molecule has 0 saturated carbocycles. The molecule has 23 heavy (non-hydrogen) atoms. The Labute approximate surface area is 140 Å². The lowest BCUT2D eigenvalue weighted by atomic mass is 10.1. The van der Waals surface area contributed by atoms with Gasteiger partial charge in [0.15, 0.2) is 0 Å². The van der Waals surface area contributed by atoms with Crippen LogP contribution >= 0.6 is 11.6 Å². The Morgan fingerprint density at radius 2 is 2.00 bits per heavy atom. The van der Waals surface area contributed by atoms with Crippen LogP contribution in [0.2, 0.25) is 5.02 Å². The molecule has 2 rings (SSSR count). The van der Waals surface area contributed by atoms with E-state index >= 15 is 0 Å². The zero-order valence-electron chi connectivity index (χ0n) is 13.0. The highest BCUT2D eigenvalue weighted by Gasteiger charge is 2.13. The van der Waals surface area contributed by atoms with Gasteiger partial charge in [-0.3, -0.25) is 14.6 Å². The maximum Gasteiger partial charge on any atom is 0.274 e. The molecule has 1 N–H and O–H groups in total. The van der Waals surface area contributed by atoms with Gasteiger partial charge in [0.2, 0.25) is 5.91 Å². The summed E-state index contributed by atoms with van der Waals surface area (Å²) >= 11 is 5.88. The Morgan fingerprint density at radius 1 is 1.26 bits per heavy atom. The van der Waals surface area contributed by atoms with Gasteiger partial charge in [-0.2, -0.15) is 0 Å². The van der Waals surface area contributed by atoms with E-state index in [2.05, 4.69) is 10.3 Å². The average molecular weight is 332 g/mol. The topological polar surface area (TPSA) is 62.3 Å². The van der Waals surface area contributed by atoms with Gasteiger partial charge in [-0.05, 0) is 30.7 Å². The number of rotatable bonds is 5. The van der Waals surface area contributed by atoms with E-state index in [-0.39, 0.29) is 17.5 Å². The summed E-state index contributed by atoms with van der Waals surface area (Å²) in [5, 5.41) is 3.28. The quantitative estimate of drug-likeness (QED) is 0.913. The molecule has 2 aromatic rings. The van der Waals surface area contributed by atoms with Crippen molar-refractivity contribution in [3.8, 4) is 0 Å². The molecule has 120 valence electrons. The average Bonchev–Trinajstić information content (AvgIpc) is 2.53. The fraction of sp³-hybridized carbons (Fsp3) is 0.235. The minimum absolute atomic E-state index is 0.00913. The van der Waals surface area contributed by atoms with Gasteiger partial charge >= 0.3 is 0 Å². The van der Waals surface area contributed by atoms with Crippen molar-refractivity contribution >= 4 is 29.1 Å². The monoisotopic (exact) mass is 331 g/mol. The van der Waals surface area contributed by atoms with Crippen LogP contribution in [0.5, 0.6) is 0 Å². The first kappa shape index (κ1) is 17.0. The number of carbonyl (C=O) groups is 2. The number of hydrogen-bond donors (Lipinski definition) is 1. The van der Waals surface area contributed by atoms with Crippen LogP contribution in [0.15, 0.2) is 42.6 Å². The van der Waals surface area contributed by atoms with Crippen molar-refractivity contribution in [2.24, 2.45) is 0 Å². The molecule has 0 unspecified atom stereocenters. The zero-order valence-corrected chi connectivity index (χ0v) is 13.8. The van der Waals surface area contributed by atoms with Gasteiger partial charge < -0.3 is 10.2 Å². The number of nitrogens with zero attached hydrogens (tertiary/aromatic N) is 2. The summed E-state index contributed by atoms with van der Waals surface area (Å²) in [5.74, 6) is -0.351. The van der Waals surface area contributed by atoms with Crippen LogP contribution in [0.1, 0.15) is 29.9 Å². The van der Waals surface area contributed by atoms with Crippen molar-refractivity contribution in [2.75, 3.05) is 11.9 Å². The van der Waals surface area contributed by atoms with E-state index in [1.807, 2.05) is 25.1 Å². The molecule has 0 aliphatic carbocycles. The highest BCUT2D eigenvalue weighted by Crippen LogP contribution is 2.18. The number of halogens is 1. The maximum atomic E-state index is 12.3. The minimum atomic E-state index is -0.342. The molecule has 0 spiro atoms. The van der Waals surface area contributed by atoms with Crippen molar-refractivity contribution in [2.45, 2.75) is 20.4 Å². The molecule has 0 bridgehead atoms. The van der Waals surface area contributed by atoms with Gasteiger partial charge in [0.25, 0.3) is 5.91 Å². The summed E-state index contributed by atoms with van der Waals surface area (Å²) in [7, 11) is 0. The first-order chi connectivity index (χ1) is 11.0. The largest absolute Gasteiger partial charge is 0.339 e. The van der Waals surface area contributed by atoms with Crippen molar-refractivity contribution in [3.63, 3.8) is 0 Å². The van der Waals surface area contributed by atoms with Crippen LogP contribution in [0.4, 0.5) is 5.69 Å². The second-order valence-electron chi connectivity index (χ2n) is 5.00. The first-order valence-corrected chi connectivity index (χ1v) is 7.65. The number of amides is 2. The zero-order chi connectivity index (χ0) is 16.8. The Balaban J connectivity index is 2.20. The van der Waals surface area contributed by atoms with Gasteiger partial charge in [0.1, 0.15) is 5.69 Å². The van der Waals surface area contributed by atoms with Crippen molar-refractivity contribution in [1.82, 2.24) is 9.88 Å². The van der Waals surface area contributed by atoms with Crippen LogP contribution in [0, 0.1) is 0 Å². The molecule has 1 aromatic carbocycles. The molecular formula is C17H18ClN3O2.